The van der Waals surface area contributed by atoms with Crippen molar-refractivity contribution in [3.05, 3.63) is 34.1 Å². The molecule has 1 saturated heterocycles. The average molecular weight is 287 g/mol. The van der Waals surface area contributed by atoms with E-state index in [0.717, 1.165) is 29.4 Å². The number of likely N-dealkylation sites (N-methyl/N-ethyl adjacent to an activating group) is 1. The Kier molecular flexibility index (Phi) is 3.62. The molecule has 0 bridgehead atoms. The molecule has 0 saturated carbocycles. The summed E-state index contributed by atoms with van der Waals surface area (Å²) in [5.74, 6) is -0.204. The number of nitrogens with zero attached hydrogens (tertiary/aromatic N) is 1. The maximum absolute atomic E-state index is 13.3. The van der Waals surface area contributed by atoms with E-state index in [1.807, 2.05) is 7.05 Å². The van der Waals surface area contributed by atoms with Gasteiger partial charge in [0.1, 0.15) is 5.82 Å². The van der Waals surface area contributed by atoms with E-state index in [0.29, 0.717) is 0 Å². The van der Waals surface area contributed by atoms with Crippen molar-refractivity contribution in [2.45, 2.75) is 24.9 Å². The molecule has 1 fully saturated rings. The van der Waals surface area contributed by atoms with E-state index in [1.54, 1.807) is 12.1 Å². The minimum atomic E-state index is -0.204. The lowest BCUT2D eigenvalue weighted by Crippen LogP contribution is -2.44. The average Bonchev–Trinajstić information content (AvgIpc) is 2.23. The third-order valence-electron chi connectivity index (χ3n) is 3.21. The van der Waals surface area contributed by atoms with Gasteiger partial charge in [0.05, 0.1) is 6.04 Å². The Labute approximate surface area is 104 Å². The van der Waals surface area contributed by atoms with Gasteiger partial charge in [-0.2, -0.15) is 0 Å². The first kappa shape index (κ1) is 12.0. The largest absolute Gasteiger partial charge is 0.326 e. The van der Waals surface area contributed by atoms with E-state index in [-0.39, 0.29) is 17.9 Å². The fourth-order valence-corrected chi connectivity index (χ4v) is 2.89. The molecule has 1 aliphatic heterocycles. The summed E-state index contributed by atoms with van der Waals surface area (Å²) in [4.78, 5) is 2.20. The Morgan fingerprint density at radius 3 is 2.94 bits per heavy atom. The van der Waals surface area contributed by atoms with E-state index >= 15 is 0 Å². The minimum Gasteiger partial charge on any atom is -0.326 e. The summed E-state index contributed by atoms with van der Waals surface area (Å²) < 4.78 is 14.2. The summed E-state index contributed by atoms with van der Waals surface area (Å²) in [6.45, 7) is 1.02. The van der Waals surface area contributed by atoms with Gasteiger partial charge in [-0.1, -0.05) is 15.9 Å². The zero-order chi connectivity index (χ0) is 11.7. The zero-order valence-electron chi connectivity index (χ0n) is 9.29. The van der Waals surface area contributed by atoms with Gasteiger partial charge in [0, 0.05) is 10.5 Å². The van der Waals surface area contributed by atoms with Crippen molar-refractivity contribution in [1.29, 1.82) is 0 Å². The lowest BCUT2D eigenvalue weighted by molar-refractivity contribution is 0.162. The molecule has 88 valence electrons. The minimum absolute atomic E-state index is 0.0804. The van der Waals surface area contributed by atoms with Gasteiger partial charge in [-0.05, 0) is 50.2 Å². The van der Waals surface area contributed by atoms with Crippen LogP contribution in [-0.2, 0) is 0 Å². The molecule has 0 radical (unpaired) electrons. The first-order valence-corrected chi connectivity index (χ1v) is 6.29. The molecule has 1 aliphatic rings. The summed E-state index contributed by atoms with van der Waals surface area (Å²) in [7, 11) is 2.04. The van der Waals surface area contributed by atoms with Crippen molar-refractivity contribution in [2.24, 2.45) is 5.73 Å². The molecule has 1 aromatic carbocycles. The molecule has 2 N–H and O–H groups in total. The first-order chi connectivity index (χ1) is 7.59. The van der Waals surface area contributed by atoms with Gasteiger partial charge in [-0.15, -0.1) is 0 Å². The molecule has 1 aromatic rings. The smallest absolute Gasteiger partial charge is 0.123 e. The van der Waals surface area contributed by atoms with Gasteiger partial charge in [0.2, 0.25) is 0 Å². The van der Waals surface area contributed by atoms with E-state index in [1.165, 1.54) is 6.07 Å². The number of likely N-dealkylation sites (tertiary alicyclic amines) is 1. The fourth-order valence-electron chi connectivity index (χ4n) is 2.41. The maximum atomic E-state index is 13.3. The second-order valence-electron chi connectivity index (χ2n) is 4.40. The Morgan fingerprint density at radius 1 is 1.50 bits per heavy atom. The summed E-state index contributed by atoms with van der Waals surface area (Å²) in [6, 6.07) is 4.98. The van der Waals surface area contributed by atoms with Crippen LogP contribution >= 0.6 is 15.9 Å². The molecule has 4 heteroatoms. The van der Waals surface area contributed by atoms with Crippen LogP contribution in [0, 0.1) is 5.82 Å². The maximum Gasteiger partial charge on any atom is 0.123 e. The molecule has 2 unspecified atom stereocenters. The predicted octanol–water partition coefficient (Wildman–Crippen LogP) is 2.68. The Morgan fingerprint density at radius 2 is 2.25 bits per heavy atom. The van der Waals surface area contributed by atoms with Crippen LogP contribution in [0.1, 0.15) is 24.4 Å². The van der Waals surface area contributed by atoms with Crippen molar-refractivity contribution >= 4 is 15.9 Å². The lowest BCUT2D eigenvalue weighted by atomic mass is 9.91. The molecule has 1 heterocycles. The number of hydrogen-bond acceptors (Lipinski definition) is 2. The van der Waals surface area contributed by atoms with E-state index in [9.17, 15) is 4.39 Å². The van der Waals surface area contributed by atoms with Crippen molar-refractivity contribution in [1.82, 2.24) is 4.90 Å². The van der Waals surface area contributed by atoms with Gasteiger partial charge in [0.15, 0.2) is 0 Å². The van der Waals surface area contributed by atoms with E-state index in [2.05, 4.69) is 20.8 Å². The highest BCUT2D eigenvalue weighted by molar-refractivity contribution is 9.10. The highest BCUT2D eigenvalue weighted by Crippen LogP contribution is 2.33. The number of halogens is 2. The van der Waals surface area contributed by atoms with Crippen LogP contribution in [0.2, 0.25) is 0 Å². The molecule has 2 atom stereocenters. The highest BCUT2D eigenvalue weighted by Gasteiger charge is 2.29. The standard InChI is InChI=1S/C12H16BrFN2/c1-16-6-2-3-11(15)12(16)9-7-8(14)4-5-10(9)13/h4-5,7,11-12H,2-3,6,15H2,1H3. The molecule has 16 heavy (non-hydrogen) atoms. The van der Waals surface area contributed by atoms with Crippen LogP contribution in [0.3, 0.4) is 0 Å². The molecule has 0 amide bonds. The summed E-state index contributed by atoms with van der Waals surface area (Å²) in [5, 5.41) is 0. The molecular formula is C12H16BrFN2. The molecule has 0 spiro atoms. The number of piperidine rings is 1. The third-order valence-corrected chi connectivity index (χ3v) is 3.93. The van der Waals surface area contributed by atoms with Gasteiger partial charge >= 0.3 is 0 Å². The van der Waals surface area contributed by atoms with Crippen molar-refractivity contribution < 1.29 is 4.39 Å². The van der Waals surface area contributed by atoms with Crippen LogP contribution in [0.4, 0.5) is 4.39 Å². The fraction of sp³-hybridized carbons (Fsp3) is 0.500. The SMILES string of the molecule is CN1CCCC(N)C1c1cc(F)ccc1Br. The summed E-state index contributed by atoms with van der Waals surface area (Å²) >= 11 is 3.47. The first-order valence-electron chi connectivity index (χ1n) is 5.50. The Balaban J connectivity index is 2.37. The molecule has 2 rings (SSSR count). The molecule has 0 aromatic heterocycles. The van der Waals surface area contributed by atoms with E-state index in [4.69, 9.17) is 5.73 Å². The zero-order valence-corrected chi connectivity index (χ0v) is 10.9. The van der Waals surface area contributed by atoms with Crippen LogP contribution in [-0.4, -0.2) is 24.5 Å². The van der Waals surface area contributed by atoms with Gasteiger partial charge in [-0.25, -0.2) is 4.39 Å². The lowest BCUT2D eigenvalue weighted by Gasteiger charge is -2.38. The van der Waals surface area contributed by atoms with Crippen molar-refractivity contribution in [3.8, 4) is 0 Å². The molecule has 2 nitrogen and oxygen atoms in total. The van der Waals surface area contributed by atoms with Gasteiger partial charge in [0.25, 0.3) is 0 Å². The predicted molar refractivity (Wildman–Crippen MR) is 66.7 cm³/mol. The second-order valence-corrected chi connectivity index (χ2v) is 5.25. The number of hydrogen-bond donors (Lipinski definition) is 1. The molecular weight excluding hydrogens is 271 g/mol. The monoisotopic (exact) mass is 286 g/mol. The Bertz CT molecular complexity index is 373. The third kappa shape index (κ3) is 2.29. The Hall–Kier alpha value is -0.450. The summed E-state index contributed by atoms with van der Waals surface area (Å²) in [5.41, 5.74) is 7.09. The normalized spacial score (nSPS) is 27.0. The van der Waals surface area contributed by atoms with Crippen molar-refractivity contribution in [3.63, 3.8) is 0 Å². The van der Waals surface area contributed by atoms with E-state index < -0.39 is 0 Å². The quantitative estimate of drug-likeness (QED) is 0.860. The summed E-state index contributed by atoms with van der Waals surface area (Å²) in [6.07, 6.45) is 2.11. The van der Waals surface area contributed by atoms with Crippen molar-refractivity contribution in [2.75, 3.05) is 13.6 Å². The van der Waals surface area contributed by atoms with Gasteiger partial charge < -0.3 is 5.73 Å². The van der Waals surface area contributed by atoms with Crippen LogP contribution < -0.4 is 5.73 Å². The highest BCUT2D eigenvalue weighted by atomic mass is 79.9. The topological polar surface area (TPSA) is 29.3 Å². The number of benzene rings is 1. The number of nitrogens with two attached hydrogens (primary N) is 1. The van der Waals surface area contributed by atoms with Gasteiger partial charge in [-0.3, -0.25) is 4.90 Å². The van der Waals surface area contributed by atoms with Crippen LogP contribution in [0.5, 0.6) is 0 Å². The van der Waals surface area contributed by atoms with Crippen LogP contribution in [0.15, 0.2) is 22.7 Å². The molecule has 0 aliphatic carbocycles. The number of rotatable bonds is 1. The second kappa shape index (κ2) is 4.82. The van der Waals surface area contributed by atoms with Crippen LogP contribution in [0.25, 0.3) is 0 Å².